The van der Waals surface area contributed by atoms with Crippen LogP contribution in [-0.2, 0) is 0 Å². The van der Waals surface area contributed by atoms with Gasteiger partial charge in [-0.25, -0.2) is 0 Å². The highest BCUT2D eigenvalue weighted by atomic mass is 35.5. The van der Waals surface area contributed by atoms with Crippen LogP contribution in [0.5, 0.6) is 0 Å². The van der Waals surface area contributed by atoms with Gasteiger partial charge in [-0.1, -0.05) is 37.5 Å². The Bertz CT molecular complexity index is 447. The molecular formula is C16H25ClN2O. The fourth-order valence-electron chi connectivity index (χ4n) is 2.95. The molecule has 2 rings (SSSR count). The predicted octanol–water partition coefficient (Wildman–Crippen LogP) is 3.12. The second kappa shape index (κ2) is 7.09. The van der Waals surface area contributed by atoms with Gasteiger partial charge < -0.3 is 11.1 Å². The molecule has 0 aliphatic heterocycles. The van der Waals surface area contributed by atoms with Crippen LogP contribution < -0.4 is 11.1 Å². The molecule has 4 heteroatoms. The monoisotopic (exact) mass is 296 g/mol. The van der Waals surface area contributed by atoms with Crippen LogP contribution in [0.2, 0.25) is 0 Å². The molecule has 0 aromatic heterocycles. The van der Waals surface area contributed by atoms with Gasteiger partial charge in [-0.15, -0.1) is 12.4 Å². The summed E-state index contributed by atoms with van der Waals surface area (Å²) in [5.74, 6) is 0.00555. The molecule has 1 aromatic carbocycles. The molecule has 1 aliphatic carbocycles. The number of benzene rings is 1. The van der Waals surface area contributed by atoms with Gasteiger partial charge in [0.15, 0.2) is 0 Å². The van der Waals surface area contributed by atoms with Gasteiger partial charge in [0, 0.05) is 17.6 Å². The van der Waals surface area contributed by atoms with E-state index in [1.165, 1.54) is 19.3 Å². The molecule has 3 N–H and O–H groups in total. The quantitative estimate of drug-likeness (QED) is 0.900. The Morgan fingerprint density at radius 2 is 1.75 bits per heavy atom. The molecule has 1 amide bonds. The van der Waals surface area contributed by atoms with Crippen molar-refractivity contribution in [2.24, 2.45) is 5.73 Å². The smallest absolute Gasteiger partial charge is 0.251 e. The van der Waals surface area contributed by atoms with E-state index in [0.29, 0.717) is 6.54 Å². The number of carbonyl (C=O) groups is 1. The third-order valence-corrected chi connectivity index (χ3v) is 4.16. The number of nitrogens with two attached hydrogens (primary N) is 1. The highest BCUT2D eigenvalue weighted by Crippen LogP contribution is 2.25. The van der Waals surface area contributed by atoms with Crippen molar-refractivity contribution in [3.63, 3.8) is 0 Å². The lowest BCUT2D eigenvalue weighted by atomic mass is 9.82. The van der Waals surface area contributed by atoms with E-state index in [-0.39, 0.29) is 23.9 Å². The Morgan fingerprint density at radius 3 is 2.30 bits per heavy atom. The average Bonchev–Trinajstić information content (AvgIpc) is 2.37. The number of nitrogens with one attached hydrogen (secondary N) is 1. The first kappa shape index (κ1) is 17.0. The van der Waals surface area contributed by atoms with Crippen LogP contribution in [0.15, 0.2) is 18.2 Å². The van der Waals surface area contributed by atoms with E-state index in [0.717, 1.165) is 29.5 Å². The second-order valence-electron chi connectivity index (χ2n) is 5.87. The van der Waals surface area contributed by atoms with Crippen LogP contribution >= 0.6 is 12.4 Å². The third kappa shape index (κ3) is 3.97. The summed E-state index contributed by atoms with van der Waals surface area (Å²) < 4.78 is 0. The van der Waals surface area contributed by atoms with Gasteiger partial charge in [-0.3, -0.25) is 4.79 Å². The maximum absolute atomic E-state index is 12.3. The van der Waals surface area contributed by atoms with Gasteiger partial charge >= 0.3 is 0 Å². The van der Waals surface area contributed by atoms with Crippen LogP contribution in [0, 0.1) is 13.8 Å². The molecule has 0 radical (unpaired) electrons. The molecule has 20 heavy (non-hydrogen) atoms. The third-order valence-electron chi connectivity index (χ3n) is 4.16. The van der Waals surface area contributed by atoms with Crippen molar-refractivity contribution in [1.29, 1.82) is 0 Å². The number of amides is 1. The van der Waals surface area contributed by atoms with Crippen LogP contribution in [0.25, 0.3) is 0 Å². The average molecular weight is 297 g/mol. The summed E-state index contributed by atoms with van der Waals surface area (Å²) in [5.41, 5.74) is 8.98. The minimum Gasteiger partial charge on any atom is -0.350 e. The van der Waals surface area contributed by atoms with Gasteiger partial charge in [0.25, 0.3) is 5.91 Å². The lowest BCUT2D eigenvalue weighted by Crippen LogP contribution is -2.51. The predicted molar refractivity (Wildman–Crippen MR) is 85.5 cm³/mol. The Balaban J connectivity index is 0.00000200. The van der Waals surface area contributed by atoms with E-state index in [1.807, 2.05) is 32.0 Å². The summed E-state index contributed by atoms with van der Waals surface area (Å²) in [6, 6.07) is 5.93. The number of aryl methyl sites for hydroxylation is 2. The van der Waals surface area contributed by atoms with E-state index in [1.54, 1.807) is 0 Å². The Hall–Kier alpha value is -1.06. The lowest BCUT2D eigenvalue weighted by molar-refractivity contribution is 0.0936. The van der Waals surface area contributed by atoms with Crippen LogP contribution in [0.4, 0.5) is 0 Å². The Labute approximate surface area is 127 Å². The fourth-order valence-corrected chi connectivity index (χ4v) is 2.95. The first-order chi connectivity index (χ1) is 9.02. The first-order valence-corrected chi connectivity index (χ1v) is 7.15. The molecule has 0 atom stereocenters. The summed E-state index contributed by atoms with van der Waals surface area (Å²) >= 11 is 0. The summed E-state index contributed by atoms with van der Waals surface area (Å²) in [4.78, 5) is 12.3. The summed E-state index contributed by atoms with van der Waals surface area (Å²) in [7, 11) is 0. The van der Waals surface area contributed by atoms with Crippen molar-refractivity contribution >= 4 is 18.3 Å². The van der Waals surface area contributed by atoms with Crippen molar-refractivity contribution < 1.29 is 4.79 Å². The zero-order chi connectivity index (χ0) is 13.9. The molecule has 0 saturated heterocycles. The summed E-state index contributed by atoms with van der Waals surface area (Å²) in [6.07, 6.45) is 5.65. The van der Waals surface area contributed by atoms with E-state index in [9.17, 15) is 4.79 Å². The standard InChI is InChI=1S/C16H24N2O.ClH/c1-12-7-6-8-13(2)14(12)15(19)18-11-16(17)9-4-3-5-10-16;/h6-8H,3-5,9-11,17H2,1-2H3,(H,18,19);1H. The first-order valence-electron chi connectivity index (χ1n) is 7.15. The molecule has 0 spiro atoms. The molecule has 3 nitrogen and oxygen atoms in total. The van der Waals surface area contributed by atoms with Gasteiger partial charge in [0.05, 0.1) is 0 Å². The number of carbonyl (C=O) groups excluding carboxylic acids is 1. The molecule has 0 unspecified atom stereocenters. The zero-order valence-corrected chi connectivity index (χ0v) is 13.2. The summed E-state index contributed by atoms with van der Waals surface area (Å²) in [6.45, 7) is 4.53. The van der Waals surface area contributed by atoms with Crippen molar-refractivity contribution in [1.82, 2.24) is 5.32 Å². The Morgan fingerprint density at radius 1 is 1.20 bits per heavy atom. The highest BCUT2D eigenvalue weighted by Gasteiger charge is 2.28. The maximum atomic E-state index is 12.3. The van der Waals surface area contributed by atoms with Crippen LogP contribution in [0.1, 0.15) is 53.6 Å². The maximum Gasteiger partial charge on any atom is 0.251 e. The summed E-state index contributed by atoms with van der Waals surface area (Å²) in [5, 5.41) is 3.03. The van der Waals surface area contributed by atoms with E-state index >= 15 is 0 Å². The lowest BCUT2D eigenvalue weighted by Gasteiger charge is -2.33. The van der Waals surface area contributed by atoms with E-state index in [4.69, 9.17) is 5.73 Å². The molecule has 0 bridgehead atoms. The molecule has 1 saturated carbocycles. The van der Waals surface area contributed by atoms with Crippen LogP contribution in [-0.4, -0.2) is 18.0 Å². The highest BCUT2D eigenvalue weighted by molar-refractivity contribution is 5.97. The largest absolute Gasteiger partial charge is 0.350 e. The molecule has 112 valence electrons. The second-order valence-corrected chi connectivity index (χ2v) is 5.87. The van der Waals surface area contributed by atoms with Gasteiger partial charge in [0.1, 0.15) is 0 Å². The molecular weight excluding hydrogens is 272 g/mol. The van der Waals surface area contributed by atoms with Crippen molar-refractivity contribution in [3.8, 4) is 0 Å². The van der Waals surface area contributed by atoms with Crippen molar-refractivity contribution in [2.75, 3.05) is 6.54 Å². The SMILES string of the molecule is Cc1cccc(C)c1C(=O)NCC1(N)CCCCC1.Cl. The van der Waals surface area contributed by atoms with Crippen molar-refractivity contribution in [3.05, 3.63) is 34.9 Å². The molecule has 1 aliphatic rings. The molecule has 0 heterocycles. The van der Waals surface area contributed by atoms with Gasteiger partial charge in [-0.05, 0) is 37.8 Å². The number of rotatable bonds is 3. The number of hydrogen-bond acceptors (Lipinski definition) is 2. The van der Waals surface area contributed by atoms with E-state index in [2.05, 4.69) is 5.32 Å². The van der Waals surface area contributed by atoms with Gasteiger partial charge in [-0.2, -0.15) is 0 Å². The zero-order valence-electron chi connectivity index (χ0n) is 12.4. The Kier molecular flexibility index (Phi) is 6.03. The topological polar surface area (TPSA) is 55.1 Å². The molecule has 1 aromatic rings. The number of halogens is 1. The normalized spacial score (nSPS) is 17.1. The van der Waals surface area contributed by atoms with E-state index < -0.39 is 0 Å². The number of hydrogen-bond donors (Lipinski definition) is 2. The minimum absolute atomic E-state index is 0. The fraction of sp³-hybridized carbons (Fsp3) is 0.562. The molecule has 1 fully saturated rings. The van der Waals surface area contributed by atoms with Gasteiger partial charge in [0.2, 0.25) is 0 Å². The van der Waals surface area contributed by atoms with Crippen LogP contribution in [0.3, 0.4) is 0 Å². The van der Waals surface area contributed by atoms with Crippen molar-refractivity contribution in [2.45, 2.75) is 51.5 Å². The minimum atomic E-state index is -0.204.